The predicted molar refractivity (Wildman–Crippen MR) is 158 cm³/mol. The molecule has 0 aliphatic rings. The molecule has 1 atom stereocenters. The molecule has 0 aliphatic carbocycles. The number of hydrogen-bond acceptors (Lipinski definition) is 5. The van der Waals surface area contributed by atoms with E-state index in [0.717, 1.165) is 46.2 Å². The van der Waals surface area contributed by atoms with Gasteiger partial charge in [0.15, 0.2) is 0 Å². The number of carbonyl (C=O) groups excluding carboxylic acids is 2. The molecule has 0 aromatic heterocycles. The van der Waals surface area contributed by atoms with Gasteiger partial charge in [-0.1, -0.05) is 66.7 Å². The first-order valence-corrected chi connectivity index (χ1v) is 13.7. The number of likely N-dealkylation sites (N-methyl/N-ethyl adjacent to an activating group) is 1. The van der Waals surface area contributed by atoms with Crippen molar-refractivity contribution < 1.29 is 23.8 Å². The fourth-order valence-electron chi connectivity index (χ4n) is 4.43. The largest absolute Gasteiger partial charge is 0.493 e. The molecular formula is C34H37NO5. The molecule has 0 heterocycles. The van der Waals surface area contributed by atoms with Crippen molar-refractivity contribution in [2.75, 3.05) is 33.9 Å². The number of amides is 1. The highest BCUT2D eigenvalue weighted by Gasteiger charge is 2.16. The molecule has 6 heteroatoms. The minimum atomic E-state index is -0.322. The van der Waals surface area contributed by atoms with Crippen molar-refractivity contribution in [2.24, 2.45) is 0 Å². The molecule has 1 amide bonds. The Balaban J connectivity index is 1.18. The van der Waals surface area contributed by atoms with E-state index in [9.17, 15) is 9.59 Å². The van der Waals surface area contributed by atoms with Crippen molar-refractivity contribution in [2.45, 2.75) is 32.1 Å². The van der Waals surface area contributed by atoms with Crippen LogP contribution in [-0.2, 0) is 27.2 Å². The fourth-order valence-corrected chi connectivity index (χ4v) is 4.43. The number of benzene rings is 4. The fraction of sp³-hybridized carbons (Fsp3) is 0.294. The van der Waals surface area contributed by atoms with Gasteiger partial charge in [0.25, 0.3) is 0 Å². The number of nitrogens with zero attached hydrogens (tertiary/aromatic N) is 1. The molecule has 0 saturated carbocycles. The van der Waals surface area contributed by atoms with Gasteiger partial charge < -0.3 is 19.1 Å². The lowest BCUT2D eigenvalue weighted by atomic mass is 9.98. The third-order valence-electron chi connectivity index (χ3n) is 7.00. The summed E-state index contributed by atoms with van der Waals surface area (Å²) in [6.45, 7) is 3.58. The lowest BCUT2D eigenvalue weighted by molar-refractivity contribution is -0.142. The summed E-state index contributed by atoms with van der Waals surface area (Å²) < 4.78 is 16.7. The molecule has 0 radical (unpaired) electrons. The van der Waals surface area contributed by atoms with Gasteiger partial charge in [-0.25, -0.2) is 0 Å². The summed E-state index contributed by atoms with van der Waals surface area (Å²) in [4.78, 5) is 26.3. The van der Waals surface area contributed by atoms with E-state index in [0.29, 0.717) is 26.2 Å². The average Bonchev–Trinajstić information content (AvgIpc) is 2.99. The van der Waals surface area contributed by atoms with Crippen molar-refractivity contribution in [1.29, 1.82) is 0 Å². The summed E-state index contributed by atoms with van der Waals surface area (Å²) in [5, 5.41) is 2.10. The molecule has 1 unspecified atom stereocenters. The van der Waals surface area contributed by atoms with Crippen molar-refractivity contribution in [3.63, 3.8) is 0 Å². The molecule has 0 bridgehead atoms. The third kappa shape index (κ3) is 8.09. The summed E-state index contributed by atoms with van der Waals surface area (Å²) in [6, 6.07) is 29.8. The van der Waals surface area contributed by atoms with Crippen LogP contribution in [0.1, 0.15) is 36.0 Å². The first-order valence-electron chi connectivity index (χ1n) is 13.7. The van der Waals surface area contributed by atoms with Gasteiger partial charge in [0, 0.05) is 20.0 Å². The second-order valence-corrected chi connectivity index (χ2v) is 9.94. The summed E-state index contributed by atoms with van der Waals surface area (Å²) in [5.74, 6) is 1.07. The van der Waals surface area contributed by atoms with Crippen molar-refractivity contribution in [3.8, 4) is 11.5 Å². The van der Waals surface area contributed by atoms with Crippen LogP contribution in [0.3, 0.4) is 0 Å². The molecule has 0 N–H and O–H groups in total. The van der Waals surface area contributed by atoms with E-state index < -0.39 is 0 Å². The Morgan fingerprint density at radius 2 is 1.45 bits per heavy atom. The van der Waals surface area contributed by atoms with Crippen LogP contribution in [0.5, 0.6) is 11.5 Å². The van der Waals surface area contributed by atoms with E-state index in [1.165, 1.54) is 12.7 Å². The SMILES string of the molecule is COC(=O)C(C)c1ccc2ccc(OCCCOc3ccc(CC(=O)N(C)CCc4ccccc4)cc3)cc2c1. The topological polar surface area (TPSA) is 65.1 Å². The van der Waals surface area contributed by atoms with Gasteiger partial charge >= 0.3 is 5.97 Å². The van der Waals surface area contributed by atoms with E-state index in [1.807, 2.05) is 92.8 Å². The van der Waals surface area contributed by atoms with Gasteiger partial charge in [-0.15, -0.1) is 0 Å². The van der Waals surface area contributed by atoms with E-state index in [4.69, 9.17) is 14.2 Å². The number of fused-ring (bicyclic) bond motifs is 1. The highest BCUT2D eigenvalue weighted by atomic mass is 16.5. The van der Waals surface area contributed by atoms with Gasteiger partial charge in [-0.3, -0.25) is 9.59 Å². The third-order valence-corrected chi connectivity index (χ3v) is 7.00. The number of ether oxygens (including phenoxy) is 3. The van der Waals surface area contributed by atoms with E-state index in [-0.39, 0.29) is 17.8 Å². The zero-order valence-electron chi connectivity index (χ0n) is 23.5. The molecule has 0 spiro atoms. The summed E-state index contributed by atoms with van der Waals surface area (Å²) in [7, 11) is 3.26. The molecule has 4 rings (SSSR count). The zero-order chi connectivity index (χ0) is 28.3. The monoisotopic (exact) mass is 539 g/mol. The molecule has 4 aromatic rings. The summed E-state index contributed by atoms with van der Waals surface area (Å²) >= 11 is 0. The molecule has 0 saturated heterocycles. The zero-order valence-corrected chi connectivity index (χ0v) is 23.5. The van der Waals surface area contributed by atoms with Crippen LogP contribution in [0.25, 0.3) is 10.8 Å². The number of methoxy groups -OCH3 is 1. The number of rotatable bonds is 13. The van der Waals surface area contributed by atoms with Crippen molar-refractivity contribution >= 4 is 22.6 Å². The quantitative estimate of drug-likeness (QED) is 0.149. The molecular weight excluding hydrogens is 502 g/mol. The van der Waals surface area contributed by atoms with Crippen LogP contribution in [0.15, 0.2) is 91.0 Å². The number of carbonyl (C=O) groups is 2. The van der Waals surface area contributed by atoms with E-state index in [1.54, 1.807) is 4.90 Å². The summed E-state index contributed by atoms with van der Waals surface area (Å²) in [5.41, 5.74) is 3.11. The van der Waals surface area contributed by atoms with Gasteiger partial charge in [-0.2, -0.15) is 0 Å². The van der Waals surface area contributed by atoms with Crippen LogP contribution in [0.2, 0.25) is 0 Å². The van der Waals surface area contributed by atoms with Gasteiger partial charge in [0.05, 0.1) is 32.7 Å². The maximum atomic E-state index is 12.6. The Hall–Kier alpha value is -4.32. The number of hydrogen-bond donors (Lipinski definition) is 0. The Bertz CT molecular complexity index is 1400. The van der Waals surface area contributed by atoms with E-state index in [2.05, 4.69) is 12.1 Å². The Kier molecular flexibility index (Phi) is 10.2. The number of esters is 1. The lowest BCUT2D eigenvalue weighted by Gasteiger charge is -2.17. The van der Waals surface area contributed by atoms with Gasteiger partial charge in [-0.05, 0) is 65.1 Å². The molecule has 40 heavy (non-hydrogen) atoms. The second kappa shape index (κ2) is 14.2. The van der Waals surface area contributed by atoms with Gasteiger partial charge in [0.2, 0.25) is 5.91 Å². The molecule has 0 aliphatic heterocycles. The highest BCUT2D eigenvalue weighted by Crippen LogP contribution is 2.26. The molecule has 0 fully saturated rings. The molecule has 208 valence electrons. The Labute approximate surface area is 236 Å². The molecule has 4 aromatic carbocycles. The van der Waals surface area contributed by atoms with Crippen LogP contribution >= 0.6 is 0 Å². The normalized spacial score (nSPS) is 11.6. The first-order chi connectivity index (χ1) is 19.4. The Morgan fingerprint density at radius 3 is 2.17 bits per heavy atom. The maximum Gasteiger partial charge on any atom is 0.312 e. The molecule has 6 nitrogen and oxygen atoms in total. The maximum absolute atomic E-state index is 12.6. The van der Waals surface area contributed by atoms with Crippen molar-refractivity contribution in [3.05, 3.63) is 108 Å². The smallest absolute Gasteiger partial charge is 0.312 e. The highest BCUT2D eigenvalue weighted by molar-refractivity contribution is 5.86. The minimum absolute atomic E-state index is 0.102. The van der Waals surface area contributed by atoms with Crippen LogP contribution in [0, 0.1) is 0 Å². The summed E-state index contributed by atoms with van der Waals surface area (Å²) in [6.07, 6.45) is 1.94. The van der Waals surface area contributed by atoms with Crippen LogP contribution in [0.4, 0.5) is 0 Å². The van der Waals surface area contributed by atoms with Crippen LogP contribution in [-0.4, -0.2) is 50.7 Å². The first kappa shape index (κ1) is 28.7. The average molecular weight is 540 g/mol. The second-order valence-electron chi connectivity index (χ2n) is 9.94. The predicted octanol–water partition coefficient (Wildman–Crippen LogP) is 6.21. The minimum Gasteiger partial charge on any atom is -0.493 e. The van der Waals surface area contributed by atoms with Crippen molar-refractivity contribution in [1.82, 2.24) is 4.90 Å². The Morgan fingerprint density at radius 1 is 0.775 bits per heavy atom. The van der Waals surface area contributed by atoms with E-state index >= 15 is 0 Å². The van der Waals surface area contributed by atoms with Crippen LogP contribution < -0.4 is 9.47 Å². The lowest BCUT2D eigenvalue weighted by Crippen LogP contribution is -2.30. The van der Waals surface area contributed by atoms with Gasteiger partial charge in [0.1, 0.15) is 11.5 Å². The standard InChI is InChI=1S/C34H37NO5/c1-25(34(37)38-3)29-13-12-28-14-17-32(24-30(28)23-29)40-21-7-20-39-31-15-10-27(11-16-31)22-33(36)35(2)19-18-26-8-5-4-6-9-26/h4-6,8-17,23-25H,7,18-22H2,1-3H3.